The lowest BCUT2D eigenvalue weighted by atomic mass is 10.1. The van der Waals surface area contributed by atoms with Crippen LogP contribution in [0.15, 0.2) is 18.2 Å². The van der Waals surface area contributed by atoms with Gasteiger partial charge in [0, 0.05) is 12.1 Å². The second kappa shape index (κ2) is 4.54. The Balaban J connectivity index is 3.04. The molecule has 0 saturated heterocycles. The summed E-state index contributed by atoms with van der Waals surface area (Å²) in [4.78, 5) is 0. The molecule has 0 saturated carbocycles. The van der Waals surface area contributed by atoms with Gasteiger partial charge in [-0.25, -0.2) is 0 Å². The SMILES string of the molecule is C#Cc1ccc(OC)cc1CNC. The molecule has 0 aliphatic heterocycles. The van der Waals surface area contributed by atoms with E-state index in [9.17, 15) is 0 Å². The number of benzene rings is 1. The second-order valence-corrected chi connectivity index (χ2v) is 2.70. The van der Waals surface area contributed by atoms with E-state index in [4.69, 9.17) is 11.2 Å². The van der Waals surface area contributed by atoms with Crippen molar-refractivity contribution in [3.63, 3.8) is 0 Å². The van der Waals surface area contributed by atoms with Crippen LogP contribution in [-0.4, -0.2) is 14.2 Å². The zero-order valence-corrected chi connectivity index (χ0v) is 7.92. The summed E-state index contributed by atoms with van der Waals surface area (Å²) in [6, 6.07) is 5.71. The molecule has 0 heterocycles. The highest BCUT2D eigenvalue weighted by atomic mass is 16.5. The molecule has 0 atom stereocenters. The van der Waals surface area contributed by atoms with Gasteiger partial charge < -0.3 is 10.1 Å². The molecule has 13 heavy (non-hydrogen) atoms. The molecule has 0 aromatic heterocycles. The summed E-state index contributed by atoms with van der Waals surface area (Å²) in [5.41, 5.74) is 2.00. The quantitative estimate of drug-likeness (QED) is 0.701. The molecular formula is C11H13NO. The number of hydrogen-bond donors (Lipinski definition) is 1. The van der Waals surface area contributed by atoms with E-state index in [1.165, 1.54) is 0 Å². The van der Waals surface area contributed by atoms with Crippen molar-refractivity contribution < 1.29 is 4.74 Å². The Hall–Kier alpha value is -1.46. The van der Waals surface area contributed by atoms with Gasteiger partial charge in [0.2, 0.25) is 0 Å². The fourth-order valence-electron chi connectivity index (χ4n) is 1.17. The molecule has 1 N–H and O–H groups in total. The molecule has 2 heteroatoms. The maximum absolute atomic E-state index is 5.35. The number of nitrogens with one attached hydrogen (secondary N) is 1. The minimum absolute atomic E-state index is 0.761. The van der Waals surface area contributed by atoms with Crippen LogP contribution < -0.4 is 10.1 Å². The molecule has 0 bridgehead atoms. The Labute approximate surface area is 78.9 Å². The van der Waals surface area contributed by atoms with Gasteiger partial charge in [-0.2, -0.15) is 0 Å². The molecule has 0 aliphatic rings. The molecule has 0 spiro atoms. The average molecular weight is 175 g/mol. The second-order valence-electron chi connectivity index (χ2n) is 2.70. The van der Waals surface area contributed by atoms with Crippen LogP contribution in [-0.2, 0) is 6.54 Å². The normalized spacial score (nSPS) is 9.31. The van der Waals surface area contributed by atoms with E-state index in [2.05, 4.69) is 11.2 Å². The van der Waals surface area contributed by atoms with Crippen molar-refractivity contribution in [2.75, 3.05) is 14.2 Å². The number of rotatable bonds is 3. The average Bonchev–Trinajstić information content (AvgIpc) is 2.18. The van der Waals surface area contributed by atoms with Gasteiger partial charge in [-0.05, 0) is 30.8 Å². The van der Waals surface area contributed by atoms with Crippen molar-refractivity contribution in [2.45, 2.75) is 6.54 Å². The lowest BCUT2D eigenvalue weighted by molar-refractivity contribution is 0.414. The van der Waals surface area contributed by atoms with Gasteiger partial charge in [0.25, 0.3) is 0 Å². The van der Waals surface area contributed by atoms with Crippen molar-refractivity contribution >= 4 is 0 Å². The molecule has 2 nitrogen and oxygen atoms in total. The van der Waals surface area contributed by atoms with E-state index in [-0.39, 0.29) is 0 Å². The molecule has 0 aliphatic carbocycles. The van der Waals surface area contributed by atoms with Crippen molar-refractivity contribution in [1.82, 2.24) is 5.32 Å². The maximum atomic E-state index is 5.35. The van der Waals surface area contributed by atoms with Crippen molar-refractivity contribution in [2.24, 2.45) is 0 Å². The smallest absolute Gasteiger partial charge is 0.119 e. The highest BCUT2D eigenvalue weighted by Gasteiger charge is 2.00. The first-order valence-corrected chi connectivity index (χ1v) is 4.10. The fraction of sp³-hybridized carbons (Fsp3) is 0.273. The monoisotopic (exact) mass is 175 g/mol. The molecule has 68 valence electrons. The van der Waals surface area contributed by atoms with Crippen LogP contribution in [0, 0.1) is 12.3 Å². The van der Waals surface area contributed by atoms with Gasteiger partial charge in [0.15, 0.2) is 0 Å². The van der Waals surface area contributed by atoms with E-state index < -0.39 is 0 Å². The predicted octanol–water partition coefficient (Wildman–Crippen LogP) is 1.40. The van der Waals surface area contributed by atoms with Gasteiger partial charge in [-0.1, -0.05) is 5.92 Å². The minimum Gasteiger partial charge on any atom is -0.497 e. The van der Waals surface area contributed by atoms with Gasteiger partial charge in [0.1, 0.15) is 5.75 Å². The lowest BCUT2D eigenvalue weighted by Crippen LogP contribution is -2.06. The lowest BCUT2D eigenvalue weighted by Gasteiger charge is -2.06. The Morgan fingerprint density at radius 3 is 2.85 bits per heavy atom. The molecule has 0 fully saturated rings. The third-order valence-corrected chi connectivity index (χ3v) is 1.84. The molecule has 1 rings (SSSR count). The number of ether oxygens (including phenoxy) is 1. The van der Waals surface area contributed by atoms with Crippen LogP contribution in [0.25, 0.3) is 0 Å². The third kappa shape index (κ3) is 2.24. The first-order valence-electron chi connectivity index (χ1n) is 4.10. The van der Waals surface area contributed by atoms with E-state index in [0.717, 1.165) is 23.4 Å². The molecule has 1 aromatic rings. The summed E-state index contributed by atoms with van der Waals surface area (Å²) >= 11 is 0. The van der Waals surface area contributed by atoms with Crippen LogP contribution in [0.2, 0.25) is 0 Å². The Kier molecular flexibility index (Phi) is 3.36. The zero-order chi connectivity index (χ0) is 9.68. The van der Waals surface area contributed by atoms with E-state index >= 15 is 0 Å². The fourth-order valence-corrected chi connectivity index (χ4v) is 1.17. The number of terminal acetylenes is 1. The van der Waals surface area contributed by atoms with Gasteiger partial charge in [-0.15, -0.1) is 6.42 Å². The Morgan fingerprint density at radius 1 is 1.54 bits per heavy atom. The van der Waals surface area contributed by atoms with E-state index in [1.54, 1.807) is 7.11 Å². The third-order valence-electron chi connectivity index (χ3n) is 1.84. The maximum Gasteiger partial charge on any atom is 0.119 e. The van der Waals surface area contributed by atoms with Crippen LogP contribution in [0.1, 0.15) is 11.1 Å². The first kappa shape index (κ1) is 9.63. The highest BCUT2D eigenvalue weighted by Crippen LogP contribution is 2.16. The molecule has 0 unspecified atom stereocenters. The van der Waals surface area contributed by atoms with Crippen LogP contribution in [0.4, 0.5) is 0 Å². The van der Waals surface area contributed by atoms with Gasteiger partial charge in [-0.3, -0.25) is 0 Å². The summed E-state index contributed by atoms with van der Waals surface area (Å²) in [7, 11) is 3.54. The highest BCUT2D eigenvalue weighted by molar-refractivity contribution is 5.44. The zero-order valence-electron chi connectivity index (χ0n) is 7.92. The summed E-state index contributed by atoms with van der Waals surface area (Å²) in [5, 5.41) is 3.06. The Bertz CT molecular complexity index is 325. The van der Waals surface area contributed by atoms with Crippen molar-refractivity contribution in [1.29, 1.82) is 0 Å². The van der Waals surface area contributed by atoms with Gasteiger partial charge in [0.05, 0.1) is 7.11 Å². The van der Waals surface area contributed by atoms with Crippen LogP contribution in [0.5, 0.6) is 5.75 Å². The largest absolute Gasteiger partial charge is 0.497 e. The predicted molar refractivity (Wildman–Crippen MR) is 53.7 cm³/mol. The molecule has 0 amide bonds. The summed E-state index contributed by atoms with van der Waals surface area (Å²) in [5.74, 6) is 3.47. The Morgan fingerprint density at radius 2 is 2.31 bits per heavy atom. The first-order chi connectivity index (χ1) is 6.31. The minimum atomic E-state index is 0.761. The summed E-state index contributed by atoms with van der Waals surface area (Å²) in [6.45, 7) is 0.761. The standard InChI is InChI=1S/C11H13NO/c1-4-9-5-6-11(13-3)7-10(9)8-12-2/h1,5-7,12H,8H2,2-3H3. The molecular weight excluding hydrogens is 162 g/mol. The summed E-state index contributed by atoms with van der Waals surface area (Å²) in [6.07, 6.45) is 5.35. The van der Waals surface area contributed by atoms with Crippen molar-refractivity contribution in [3.8, 4) is 18.1 Å². The van der Waals surface area contributed by atoms with Crippen LogP contribution >= 0.6 is 0 Å². The van der Waals surface area contributed by atoms with E-state index in [0.29, 0.717) is 0 Å². The topological polar surface area (TPSA) is 21.3 Å². The van der Waals surface area contributed by atoms with E-state index in [1.807, 2.05) is 25.2 Å². The van der Waals surface area contributed by atoms with Crippen molar-refractivity contribution in [3.05, 3.63) is 29.3 Å². The number of hydrogen-bond acceptors (Lipinski definition) is 2. The van der Waals surface area contributed by atoms with Crippen LogP contribution in [0.3, 0.4) is 0 Å². The molecule has 1 aromatic carbocycles. The molecule has 0 radical (unpaired) electrons. The summed E-state index contributed by atoms with van der Waals surface area (Å²) < 4.78 is 5.10. The number of methoxy groups -OCH3 is 1. The van der Waals surface area contributed by atoms with Gasteiger partial charge >= 0.3 is 0 Å².